The Morgan fingerprint density at radius 2 is 2.00 bits per heavy atom. The van der Waals surface area contributed by atoms with Crippen molar-refractivity contribution in [1.82, 2.24) is 9.88 Å². The number of fused-ring (bicyclic) bond motifs is 1. The van der Waals surface area contributed by atoms with E-state index >= 15 is 0 Å². The molecule has 0 radical (unpaired) electrons. The van der Waals surface area contributed by atoms with Crippen molar-refractivity contribution in [1.29, 1.82) is 0 Å². The van der Waals surface area contributed by atoms with Crippen LogP contribution in [0.25, 0.3) is 10.9 Å². The highest BCUT2D eigenvalue weighted by molar-refractivity contribution is 5.88. The van der Waals surface area contributed by atoms with Gasteiger partial charge in [-0.05, 0) is 18.1 Å². The summed E-state index contributed by atoms with van der Waals surface area (Å²) >= 11 is 0. The Morgan fingerprint density at radius 1 is 1.28 bits per heavy atom. The van der Waals surface area contributed by atoms with Crippen LogP contribution in [-0.4, -0.2) is 33.6 Å². The molecule has 0 spiro atoms. The van der Waals surface area contributed by atoms with Crippen LogP contribution in [0.5, 0.6) is 0 Å². The number of aliphatic carboxylic acids is 1. The number of rotatable bonds is 9. The molecule has 6 heteroatoms. The quantitative estimate of drug-likeness (QED) is 0.607. The fraction of sp³-hybridized carbons (Fsp3) is 0.474. The zero-order valence-electron chi connectivity index (χ0n) is 14.9. The highest BCUT2D eigenvalue weighted by Gasteiger charge is 2.24. The molecule has 1 heterocycles. The summed E-state index contributed by atoms with van der Waals surface area (Å²) in [6.45, 7) is 2.08. The number of carboxylic acids is 1. The van der Waals surface area contributed by atoms with Crippen LogP contribution < -0.4 is 11.1 Å². The number of nitrogens with two attached hydrogens (primary N) is 1. The zero-order valence-corrected chi connectivity index (χ0v) is 14.9. The zero-order chi connectivity index (χ0) is 18.4. The second kappa shape index (κ2) is 8.67. The first-order chi connectivity index (χ1) is 11.9. The van der Waals surface area contributed by atoms with E-state index < -0.39 is 24.0 Å². The highest BCUT2D eigenvalue weighted by atomic mass is 16.4. The summed E-state index contributed by atoms with van der Waals surface area (Å²) in [6.07, 6.45) is 5.64. The maximum absolute atomic E-state index is 12.2. The molecule has 1 aromatic carbocycles. The average Bonchev–Trinajstić information content (AvgIpc) is 2.90. The smallest absolute Gasteiger partial charge is 0.326 e. The minimum Gasteiger partial charge on any atom is -0.480 e. The number of amides is 1. The second-order valence-corrected chi connectivity index (χ2v) is 6.49. The predicted molar refractivity (Wildman–Crippen MR) is 98.3 cm³/mol. The van der Waals surface area contributed by atoms with Gasteiger partial charge in [0.1, 0.15) is 6.04 Å². The van der Waals surface area contributed by atoms with Crippen molar-refractivity contribution in [3.63, 3.8) is 0 Å². The second-order valence-electron chi connectivity index (χ2n) is 6.49. The van der Waals surface area contributed by atoms with Crippen LogP contribution in [0.1, 0.15) is 38.2 Å². The number of nitrogens with zero attached hydrogens (tertiary/aromatic N) is 1. The van der Waals surface area contributed by atoms with Crippen LogP contribution >= 0.6 is 0 Å². The summed E-state index contributed by atoms with van der Waals surface area (Å²) < 4.78 is 1.96. The Kier molecular flexibility index (Phi) is 6.58. The molecule has 136 valence electrons. The maximum Gasteiger partial charge on any atom is 0.326 e. The molecule has 0 bridgehead atoms. The van der Waals surface area contributed by atoms with Gasteiger partial charge in [0.05, 0.1) is 6.04 Å². The molecule has 2 rings (SSSR count). The molecule has 0 aliphatic carbocycles. The summed E-state index contributed by atoms with van der Waals surface area (Å²) in [5, 5.41) is 13.1. The van der Waals surface area contributed by atoms with Crippen molar-refractivity contribution in [3.8, 4) is 0 Å². The molecule has 1 amide bonds. The first kappa shape index (κ1) is 19.0. The van der Waals surface area contributed by atoms with E-state index in [0.717, 1.165) is 35.7 Å². The van der Waals surface area contributed by atoms with Gasteiger partial charge in [0.2, 0.25) is 5.91 Å². The van der Waals surface area contributed by atoms with Crippen LogP contribution in [0.15, 0.2) is 30.5 Å². The molecule has 25 heavy (non-hydrogen) atoms. The molecule has 0 aliphatic heterocycles. The Morgan fingerprint density at radius 3 is 2.68 bits per heavy atom. The van der Waals surface area contributed by atoms with Gasteiger partial charge in [0, 0.05) is 30.6 Å². The summed E-state index contributed by atoms with van der Waals surface area (Å²) in [7, 11) is 1.92. The van der Waals surface area contributed by atoms with Gasteiger partial charge in [-0.2, -0.15) is 0 Å². The summed E-state index contributed by atoms with van der Waals surface area (Å²) in [5.74, 6) is -1.45. The van der Waals surface area contributed by atoms with Crippen molar-refractivity contribution in [2.24, 2.45) is 12.8 Å². The molecule has 2 aromatic rings. The lowest BCUT2D eigenvalue weighted by Crippen LogP contribution is -2.49. The van der Waals surface area contributed by atoms with Gasteiger partial charge in [-0.1, -0.05) is 44.4 Å². The van der Waals surface area contributed by atoms with Gasteiger partial charge in [-0.15, -0.1) is 0 Å². The van der Waals surface area contributed by atoms with Crippen molar-refractivity contribution < 1.29 is 14.7 Å². The Hall–Kier alpha value is -2.34. The fourth-order valence-electron chi connectivity index (χ4n) is 3.03. The molecule has 0 fully saturated rings. The van der Waals surface area contributed by atoms with Gasteiger partial charge in [0.15, 0.2) is 0 Å². The summed E-state index contributed by atoms with van der Waals surface area (Å²) in [6, 6.07) is 6.15. The molecule has 0 aliphatic rings. The van der Waals surface area contributed by atoms with Crippen molar-refractivity contribution in [2.45, 2.75) is 51.1 Å². The summed E-state index contributed by atoms with van der Waals surface area (Å²) in [4.78, 5) is 23.8. The Labute approximate surface area is 148 Å². The monoisotopic (exact) mass is 345 g/mol. The third-order valence-corrected chi connectivity index (χ3v) is 4.47. The van der Waals surface area contributed by atoms with E-state index in [1.165, 1.54) is 0 Å². The summed E-state index contributed by atoms with van der Waals surface area (Å²) in [5.41, 5.74) is 7.81. The standard InChI is InChI=1S/C19H27N3O3/c1-3-4-5-9-15(20)18(23)21-16(19(24)25)11-13-12-22(2)17-10-7-6-8-14(13)17/h6-8,10,12,15-16H,3-5,9,11,20H2,1-2H3,(H,21,23)(H,24,25)/t15-,16+/m0/s1. The number of carboxylic acid groups (broad SMARTS) is 1. The maximum atomic E-state index is 12.2. The van der Waals surface area contributed by atoms with Crippen LogP contribution in [-0.2, 0) is 23.1 Å². The van der Waals surface area contributed by atoms with E-state index in [-0.39, 0.29) is 6.42 Å². The van der Waals surface area contributed by atoms with Crippen LogP contribution in [0.4, 0.5) is 0 Å². The number of carbonyl (C=O) groups excluding carboxylic acids is 1. The molecule has 1 aromatic heterocycles. The molecule has 0 saturated carbocycles. The van der Waals surface area contributed by atoms with Crippen LogP contribution in [0.2, 0.25) is 0 Å². The van der Waals surface area contributed by atoms with E-state index in [1.807, 2.05) is 42.1 Å². The van der Waals surface area contributed by atoms with E-state index in [0.29, 0.717) is 6.42 Å². The normalized spacial score (nSPS) is 13.6. The molecule has 4 N–H and O–H groups in total. The van der Waals surface area contributed by atoms with Gasteiger partial charge >= 0.3 is 5.97 Å². The number of aromatic nitrogens is 1. The first-order valence-electron chi connectivity index (χ1n) is 8.75. The largest absolute Gasteiger partial charge is 0.480 e. The number of hydrogen-bond donors (Lipinski definition) is 3. The molecular weight excluding hydrogens is 318 g/mol. The van der Waals surface area contributed by atoms with E-state index in [2.05, 4.69) is 12.2 Å². The number of para-hydroxylation sites is 1. The number of hydrogen-bond acceptors (Lipinski definition) is 3. The van der Waals surface area contributed by atoms with E-state index in [4.69, 9.17) is 5.73 Å². The third-order valence-electron chi connectivity index (χ3n) is 4.47. The first-order valence-corrected chi connectivity index (χ1v) is 8.75. The van der Waals surface area contributed by atoms with Gasteiger partial charge in [-0.3, -0.25) is 4.79 Å². The Balaban J connectivity index is 2.08. The van der Waals surface area contributed by atoms with Crippen molar-refractivity contribution in [2.75, 3.05) is 0 Å². The van der Waals surface area contributed by atoms with Crippen LogP contribution in [0, 0.1) is 0 Å². The number of unbranched alkanes of at least 4 members (excludes halogenated alkanes) is 2. The minimum absolute atomic E-state index is 0.226. The molecule has 0 saturated heterocycles. The molecular formula is C19H27N3O3. The number of carbonyl (C=O) groups is 2. The lowest BCUT2D eigenvalue weighted by atomic mass is 10.0. The predicted octanol–water partition coefficient (Wildman–Crippen LogP) is 2.20. The molecule has 6 nitrogen and oxygen atoms in total. The lowest BCUT2D eigenvalue weighted by molar-refractivity contribution is -0.142. The number of aryl methyl sites for hydroxylation is 1. The molecule has 2 atom stereocenters. The van der Waals surface area contributed by atoms with Gasteiger partial charge in [-0.25, -0.2) is 4.79 Å². The average molecular weight is 345 g/mol. The van der Waals surface area contributed by atoms with Gasteiger partial charge < -0.3 is 20.7 Å². The third kappa shape index (κ3) is 4.82. The van der Waals surface area contributed by atoms with E-state index in [1.54, 1.807) is 0 Å². The highest BCUT2D eigenvalue weighted by Crippen LogP contribution is 2.21. The number of nitrogens with one attached hydrogen (secondary N) is 1. The SMILES string of the molecule is CCCCC[C@H](N)C(=O)N[C@H](Cc1cn(C)c2ccccc12)C(=O)O. The van der Waals surface area contributed by atoms with Crippen LogP contribution in [0.3, 0.4) is 0 Å². The van der Waals surface area contributed by atoms with Crippen molar-refractivity contribution in [3.05, 3.63) is 36.0 Å². The molecule has 0 unspecified atom stereocenters. The fourth-order valence-corrected chi connectivity index (χ4v) is 3.03. The minimum atomic E-state index is -1.05. The lowest BCUT2D eigenvalue weighted by Gasteiger charge is -2.17. The number of benzene rings is 1. The Bertz CT molecular complexity index is 739. The topological polar surface area (TPSA) is 97.4 Å². The van der Waals surface area contributed by atoms with Crippen molar-refractivity contribution >= 4 is 22.8 Å². The van der Waals surface area contributed by atoms with E-state index in [9.17, 15) is 14.7 Å². The van der Waals surface area contributed by atoms with Gasteiger partial charge in [0.25, 0.3) is 0 Å².